The van der Waals surface area contributed by atoms with Crippen molar-refractivity contribution >= 4 is 12.0 Å². The van der Waals surface area contributed by atoms with Crippen LogP contribution < -0.4 is 10.6 Å². The molecule has 0 saturated heterocycles. The van der Waals surface area contributed by atoms with Crippen LogP contribution in [0.3, 0.4) is 0 Å². The van der Waals surface area contributed by atoms with Crippen molar-refractivity contribution in [2.75, 3.05) is 6.61 Å². The van der Waals surface area contributed by atoms with E-state index in [0.717, 1.165) is 16.7 Å². The van der Waals surface area contributed by atoms with Gasteiger partial charge < -0.3 is 15.4 Å². The largest absolute Gasteiger partial charge is 0.456 e. The van der Waals surface area contributed by atoms with Crippen LogP contribution in [0, 0.1) is 13.8 Å². The fraction of sp³-hybridized carbons (Fsp3) is 0.286. The second kappa shape index (κ2) is 4.12. The molecule has 0 fully saturated rings. The maximum Gasteiger partial charge on any atom is 0.338 e. The second-order valence-electron chi connectivity index (χ2n) is 4.86. The summed E-state index contributed by atoms with van der Waals surface area (Å²) in [6, 6.07) is 5.24. The number of carbonyl (C=O) groups is 2. The summed E-state index contributed by atoms with van der Waals surface area (Å²) < 4.78 is 5.00. The monoisotopic (exact) mass is 258 g/mol. The Morgan fingerprint density at radius 3 is 2.84 bits per heavy atom. The highest BCUT2D eigenvalue weighted by molar-refractivity contribution is 5.97. The fourth-order valence-electron chi connectivity index (χ4n) is 2.49. The van der Waals surface area contributed by atoms with Gasteiger partial charge in [-0.15, -0.1) is 0 Å². The number of rotatable bonds is 1. The van der Waals surface area contributed by atoms with Crippen molar-refractivity contribution in [2.24, 2.45) is 0 Å². The van der Waals surface area contributed by atoms with Gasteiger partial charge in [-0.3, -0.25) is 0 Å². The van der Waals surface area contributed by atoms with Crippen molar-refractivity contribution in [1.29, 1.82) is 0 Å². The van der Waals surface area contributed by atoms with Crippen molar-refractivity contribution in [2.45, 2.75) is 19.9 Å². The molecule has 0 spiro atoms. The van der Waals surface area contributed by atoms with Crippen LogP contribution in [0.4, 0.5) is 4.79 Å². The average molecular weight is 258 g/mol. The van der Waals surface area contributed by atoms with E-state index in [2.05, 4.69) is 10.6 Å². The van der Waals surface area contributed by atoms with Gasteiger partial charge in [-0.25, -0.2) is 9.59 Å². The van der Waals surface area contributed by atoms with Crippen LogP contribution in [0.25, 0.3) is 0 Å². The first kappa shape index (κ1) is 11.8. The summed E-state index contributed by atoms with van der Waals surface area (Å²) in [6.07, 6.45) is 0. The molecule has 0 aliphatic carbocycles. The Bertz CT molecular complexity index is 619. The maximum absolute atomic E-state index is 11.8. The number of hydrogen-bond donors (Lipinski definition) is 2. The second-order valence-corrected chi connectivity index (χ2v) is 4.86. The van der Waals surface area contributed by atoms with Crippen molar-refractivity contribution in [3.63, 3.8) is 0 Å². The van der Waals surface area contributed by atoms with Crippen LogP contribution in [-0.4, -0.2) is 18.6 Å². The molecule has 0 unspecified atom stereocenters. The Balaban J connectivity index is 2.12. The fourth-order valence-corrected chi connectivity index (χ4v) is 2.49. The number of hydrogen-bond acceptors (Lipinski definition) is 3. The molecule has 1 aromatic carbocycles. The molecule has 0 radical (unpaired) electrons. The zero-order valence-electron chi connectivity index (χ0n) is 10.7. The van der Waals surface area contributed by atoms with Crippen LogP contribution in [0.5, 0.6) is 0 Å². The van der Waals surface area contributed by atoms with E-state index in [1.807, 2.05) is 32.0 Å². The molecule has 98 valence electrons. The number of amides is 2. The Morgan fingerprint density at radius 2 is 2.05 bits per heavy atom. The SMILES string of the molecule is Cc1ccc(C)c([C@H]2NC(=O)NC3=C2C(=O)OC3)c1. The molecule has 2 aliphatic heterocycles. The standard InChI is InChI=1S/C14H14N2O3/c1-7-3-4-8(2)9(5-7)12-11-10(6-19-13(11)17)15-14(18)16-12/h3-5,12H,6H2,1-2H3,(H2,15,16,18)/t12-/m1/s1. The van der Waals surface area contributed by atoms with E-state index >= 15 is 0 Å². The predicted octanol–water partition coefficient (Wildman–Crippen LogP) is 1.47. The highest BCUT2D eigenvalue weighted by Gasteiger charge is 2.38. The van der Waals surface area contributed by atoms with Crippen molar-refractivity contribution in [3.05, 3.63) is 46.2 Å². The van der Waals surface area contributed by atoms with Gasteiger partial charge in [0.15, 0.2) is 0 Å². The number of esters is 1. The molecule has 2 heterocycles. The lowest BCUT2D eigenvalue weighted by Crippen LogP contribution is -2.44. The summed E-state index contributed by atoms with van der Waals surface area (Å²) in [7, 11) is 0. The lowest BCUT2D eigenvalue weighted by molar-refractivity contribution is -0.136. The lowest BCUT2D eigenvalue weighted by atomic mass is 9.92. The summed E-state index contributed by atoms with van der Waals surface area (Å²) in [6.45, 7) is 4.08. The average Bonchev–Trinajstić information content (AvgIpc) is 2.73. The van der Waals surface area contributed by atoms with E-state index < -0.39 is 6.04 Å². The molecule has 0 bridgehead atoms. The molecule has 1 atom stereocenters. The van der Waals surface area contributed by atoms with Gasteiger partial charge in [0.05, 0.1) is 17.3 Å². The van der Waals surface area contributed by atoms with Crippen LogP contribution in [0.2, 0.25) is 0 Å². The van der Waals surface area contributed by atoms with Crippen LogP contribution in [0.15, 0.2) is 29.5 Å². The van der Waals surface area contributed by atoms with Crippen molar-refractivity contribution in [3.8, 4) is 0 Å². The van der Waals surface area contributed by atoms with Crippen LogP contribution in [-0.2, 0) is 9.53 Å². The molecule has 19 heavy (non-hydrogen) atoms. The van der Waals surface area contributed by atoms with Crippen molar-refractivity contribution < 1.29 is 14.3 Å². The molecule has 2 N–H and O–H groups in total. The minimum absolute atomic E-state index is 0.142. The molecule has 0 saturated carbocycles. The molecular formula is C14H14N2O3. The summed E-state index contributed by atoms with van der Waals surface area (Å²) in [5.41, 5.74) is 4.13. The Hall–Kier alpha value is -2.30. The number of cyclic esters (lactones) is 1. The summed E-state index contributed by atoms with van der Waals surface area (Å²) in [5, 5.41) is 5.42. The van der Waals surface area contributed by atoms with E-state index in [9.17, 15) is 9.59 Å². The molecule has 2 amide bonds. The predicted molar refractivity (Wildman–Crippen MR) is 68.3 cm³/mol. The van der Waals surface area contributed by atoms with Crippen molar-refractivity contribution in [1.82, 2.24) is 10.6 Å². The lowest BCUT2D eigenvalue weighted by Gasteiger charge is -2.26. The van der Waals surface area contributed by atoms with Gasteiger partial charge in [0.25, 0.3) is 0 Å². The first-order valence-electron chi connectivity index (χ1n) is 6.11. The van der Waals surface area contributed by atoms with E-state index in [0.29, 0.717) is 11.3 Å². The first-order valence-corrected chi connectivity index (χ1v) is 6.11. The van der Waals surface area contributed by atoms with Gasteiger partial charge in [-0.05, 0) is 25.0 Å². The number of nitrogens with one attached hydrogen (secondary N) is 2. The first-order chi connectivity index (χ1) is 9.06. The van der Waals surface area contributed by atoms with Gasteiger partial charge in [-0.1, -0.05) is 23.8 Å². The van der Waals surface area contributed by atoms with E-state index in [1.165, 1.54) is 0 Å². The number of benzene rings is 1. The summed E-state index contributed by atoms with van der Waals surface area (Å²) in [5.74, 6) is -0.367. The zero-order chi connectivity index (χ0) is 13.6. The molecular weight excluding hydrogens is 244 g/mol. The number of ether oxygens (including phenoxy) is 1. The number of carbonyl (C=O) groups excluding carboxylic acids is 2. The molecule has 3 rings (SSSR count). The Kier molecular flexibility index (Phi) is 2.55. The van der Waals surface area contributed by atoms with Gasteiger partial charge in [0.2, 0.25) is 0 Å². The third-order valence-corrected chi connectivity index (χ3v) is 3.47. The molecule has 1 aromatic rings. The van der Waals surface area contributed by atoms with Crippen LogP contribution in [0.1, 0.15) is 22.7 Å². The number of urea groups is 1. The molecule has 5 nitrogen and oxygen atoms in total. The Morgan fingerprint density at radius 1 is 1.26 bits per heavy atom. The topological polar surface area (TPSA) is 67.4 Å². The van der Waals surface area contributed by atoms with Gasteiger partial charge in [0, 0.05) is 0 Å². The maximum atomic E-state index is 11.8. The smallest absolute Gasteiger partial charge is 0.338 e. The highest BCUT2D eigenvalue weighted by atomic mass is 16.5. The molecule has 0 aromatic heterocycles. The quantitative estimate of drug-likeness (QED) is 0.749. The Labute approximate surface area is 110 Å². The van der Waals surface area contributed by atoms with E-state index in [1.54, 1.807) is 0 Å². The third kappa shape index (κ3) is 1.87. The van der Waals surface area contributed by atoms with Gasteiger partial charge in [-0.2, -0.15) is 0 Å². The van der Waals surface area contributed by atoms with Crippen LogP contribution >= 0.6 is 0 Å². The molecule has 5 heteroatoms. The number of aryl methyl sites for hydroxylation is 2. The molecule has 2 aliphatic rings. The summed E-state index contributed by atoms with van der Waals surface area (Å²) in [4.78, 5) is 23.5. The van der Waals surface area contributed by atoms with Gasteiger partial charge in [0.1, 0.15) is 6.61 Å². The van der Waals surface area contributed by atoms with Gasteiger partial charge >= 0.3 is 12.0 Å². The zero-order valence-corrected chi connectivity index (χ0v) is 10.7. The minimum Gasteiger partial charge on any atom is -0.456 e. The normalized spacial score (nSPS) is 21.7. The van der Waals surface area contributed by atoms with E-state index in [-0.39, 0.29) is 18.6 Å². The highest BCUT2D eigenvalue weighted by Crippen LogP contribution is 2.32. The summed E-state index contributed by atoms with van der Waals surface area (Å²) >= 11 is 0. The van der Waals surface area contributed by atoms with E-state index in [4.69, 9.17) is 4.74 Å². The third-order valence-electron chi connectivity index (χ3n) is 3.47. The minimum atomic E-state index is -0.432.